The van der Waals surface area contributed by atoms with Crippen molar-refractivity contribution >= 4 is 11.0 Å². The van der Waals surface area contributed by atoms with Crippen LogP contribution in [0.5, 0.6) is 0 Å². The number of hydrogen-bond donors (Lipinski definition) is 0. The molecular formula is C17H10F5N5O. The van der Waals surface area contributed by atoms with E-state index >= 15 is 0 Å². The standard InChI is InChI=1S/C17H10F5N5O/c1-8-11(18)3-2-10(15(8)19)9-4-13-12(23-5-9)6-24-27(13)7-14-25-26-16(28-14)17(20,21)22/h2-6H,7H2,1H3. The van der Waals surface area contributed by atoms with E-state index < -0.39 is 23.7 Å². The predicted molar refractivity (Wildman–Crippen MR) is 86.0 cm³/mol. The summed E-state index contributed by atoms with van der Waals surface area (Å²) in [6.45, 7) is 1.08. The SMILES string of the molecule is Cc1c(F)ccc(-c2cnc3cnn(Cc4nnc(C(F)(F)F)o4)c3c2)c1F. The van der Waals surface area contributed by atoms with Crippen molar-refractivity contribution < 1.29 is 26.4 Å². The van der Waals surface area contributed by atoms with Gasteiger partial charge in [0.25, 0.3) is 0 Å². The Morgan fingerprint density at radius 2 is 1.89 bits per heavy atom. The summed E-state index contributed by atoms with van der Waals surface area (Å²) in [6, 6.07) is 3.98. The highest BCUT2D eigenvalue weighted by Crippen LogP contribution is 2.29. The minimum Gasteiger partial charge on any atom is -0.415 e. The lowest BCUT2D eigenvalue weighted by Gasteiger charge is -2.07. The smallest absolute Gasteiger partial charge is 0.415 e. The second-order valence-electron chi connectivity index (χ2n) is 5.96. The van der Waals surface area contributed by atoms with Crippen LogP contribution in [0, 0.1) is 18.6 Å². The van der Waals surface area contributed by atoms with Gasteiger partial charge < -0.3 is 4.42 Å². The highest BCUT2D eigenvalue weighted by molar-refractivity contribution is 5.80. The fraction of sp³-hybridized carbons (Fsp3) is 0.176. The summed E-state index contributed by atoms with van der Waals surface area (Å²) < 4.78 is 71.6. The lowest BCUT2D eigenvalue weighted by Crippen LogP contribution is -2.05. The molecule has 3 aromatic heterocycles. The van der Waals surface area contributed by atoms with Gasteiger partial charge in [0.2, 0.25) is 5.89 Å². The van der Waals surface area contributed by atoms with Crippen LogP contribution in [0.25, 0.3) is 22.2 Å². The van der Waals surface area contributed by atoms with Crippen LogP contribution >= 0.6 is 0 Å². The first kappa shape index (κ1) is 18.0. The molecule has 0 saturated heterocycles. The third-order valence-electron chi connectivity index (χ3n) is 4.12. The molecule has 0 N–H and O–H groups in total. The van der Waals surface area contributed by atoms with Crippen LogP contribution in [0.15, 0.2) is 35.0 Å². The molecule has 4 rings (SSSR count). The van der Waals surface area contributed by atoms with Gasteiger partial charge in [0.15, 0.2) is 0 Å². The van der Waals surface area contributed by atoms with Crippen molar-refractivity contribution in [3.63, 3.8) is 0 Å². The summed E-state index contributed by atoms with van der Waals surface area (Å²) in [6.07, 6.45) is -1.95. The zero-order valence-corrected chi connectivity index (χ0v) is 14.1. The van der Waals surface area contributed by atoms with Crippen LogP contribution in [-0.2, 0) is 12.7 Å². The molecule has 0 aliphatic carbocycles. The van der Waals surface area contributed by atoms with E-state index in [1.807, 2.05) is 0 Å². The Morgan fingerprint density at radius 1 is 1.11 bits per heavy atom. The summed E-state index contributed by atoms with van der Waals surface area (Å²) in [5.41, 5.74) is 1.20. The van der Waals surface area contributed by atoms with Gasteiger partial charge in [0.05, 0.1) is 11.7 Å². The van der Waals surface area contributed by atoms with Crippen LogP contribution < -0.4 is 0 Å². The third kappa shape index (κ3) is 3.08. The highest BCUT2D eigenvalue weighted by Gasteiger charge is 2.38. The molecule has 4 aromatic rings. The fourth-order valence-electron chi connectivity index (χ4n) is 2.67. The molecule has 0 bridgehead atoms. The number of nitrogens with zero attached hydrogens (tertiary/aromatic N) is 5. The van der Waals surface area contributed by atoms with E-state index in [1.54, 1.807) is 6.07 Å². The molecule has 6 nitrogen and oxygen atoms in total. The van der Waals surface area contributed by atoms with Crippen LogP contribution in [0.3, 0.4) is 0 Å². The lowest BCUT2D eigenvalue weighted by atomic mass is 10.0. The molecule has 1 aromatic carbocycles. The number of fused-ring (bicyclic) bond motifs is 1. The first-order chi connectivity index (χ1) is 13.2. The van der Waals surface area contributed by atoms with Crippen molar-refractivity contribution in [3.05, 3.63) is 59.6 Å². The van der Waals surface area contributed by atoms with Gasteiger partial charge in [0.1, 0.15) is 23.7 Å². The first-order valence-electron chi connectivity index (χ1n) is 7.90. The zero-order chi connectivity index (χ0) is 20.1. The number of rotatable bonds is 3. The number of pyridine rings is 1. The van der Waals surface area contributed by atoms with Gasteiger partial charge in [-0.25, -0.2) is 8.78 Å². The molecule has 0 atom stereocenters. The highest BCUT2D eigenvalue weighted by atomic mass is 19.4. The van der Waals surface area contributed by atoms with Gasteiger partial charge in [-0.05, 0) is 25.1 Å². The molecule has 0 unspecified atom stereocenters. The summed E-state index contributed by atoms with van der Waals surface area (Å²) in [5, 5.41) is 10.4. The zero-order valence-electron chi connectivity index (χ0n) is 14.1. The Bertz CT molecular complexity index is 1180. The van der Waals surface area contributed by atoms with E-state index in [0.29, 0.717) is 16.6 Å². The molecule has 11 heteroatoms. The van der Waals surface area contributed by atoms with Crippen molar-refractivity contribution in [1.29, 1.82) is 0 Å². The molecule has 28 heavy (non-hydrogen) atoms. The van der Waals surface area contributed by atoms with E-state index in [-0.39, 0.29) is 23.6 Å². The number of benzene rings is 1. The Hall–Kier alpha value is -3.37. The summed E-state index contributed by atoms with van der Waals surface area (Å²) in [7, 11) is 0. The summed E-state index contributed by atoms with van der Waals surface area (Å²) >= 11 is 0. The number of aromatic nitrogens is 5. The summed E-state index contributed by atoms with van der Waals surface area (Å²) in [4.78, 5) is 4.17. The van der Waals surface area contributed by atoms with Crippen molar-refractivity contribution in [3.8, 4) is 11.1 Å². The van der Waals surface area contributed by atoms with E-state index in [1.165, 1.54) is 30.1 Å². The second-order valence-corrected chi connectivity index (χ2v) is 5.96. The number of halogens is 5. The number of hydrogen-bond acceptors (Lipinski definition) is 5. The molecule has 0 amide bonds. The van der Waals surface area contributed by atoms with Gasteiger partial charge >= 0.3 is 12.1 Å². The van der Waals surface area contributed by atoms with E-state index in [0.717, 1.165) is 6.07 Å². The van der Waals surface area contributed by atoms with Crippen LogP contribution in [0.4, 0.5) is 22.0 Å². The van der Waals surface area contributed by atoms with Crippen molar-refractivity contribution in [1.82, 2.24) is 25.0 Å². The third-order valence-corrected chi connectivity index (χ3v) is 4.12. The minimum atomic E-state index is -4.75. The number of alkyl halides is 3. The quantitative estimate of drug-likeness (QED) is 0.488. The normalized spacial score (nSPS) is 12.1. The Morgan fingerprint density at radius 3 is 2.61 bits per heavy atom. The lowest BCUT2D eigenvalue weighted by molar-refractivity contribution is -0.157. The first-order valence-corrected chi connectivity index (χ1v) is 7.90. The van der Waals surface area contributed by atoms with Gasteiger partial charge in [0, 0.05) is 22.9 Å². The molecule has 0 saturated carbocycles. The Balaban J connectivity index is 1.73. The molecule has 144 valence electrons. The Kier molecular flexibility index (Phi) is 4.09. The van der Waals surface area contributed by atoms with Crippen LogP contribution in [0.2, 0.25) is 0 Å². The minimum absolute atomic E-state index is 0.128. The van der Waals surface area contributed by atoms with E-state index in [2.05, 4.69) is 24.7 Å². The monoisotopic (exact) mass is 395 g/mol. The second kappa shape index (κ2) is 6.36. The largest absolute Gasteiger partial charge is 0.470 e. The van der Waals surface area contributed by atoms with Gasteiger partial charge in [-0.15, -0.1) is 10.2 Å². The Labute approximate surface area is 153 Å². The molecule has 3 heterocycles. The van der Waals surface area contributed by atoms with Crippen molar-refractivity contribution in [2.45, 2.75) is 19.6 Å². The molecule has 0 radical (unpaired) electrons. The average molecular weight is 395 g/mol. The van der Waals surface area contributed by atoms with Gasteiger partial charge in [-0.1, -0.05) is 0 Å². The fourth-order valence-corrected chi connectivity index (χ4v) is 2.67. The molecule has 0 fully saturated rings. The van der Waals surface area contributed by atoms with Gasteiger partial charge in [-0.3, -0.25) is 9.67 Å². The molecule has 0 aliphatic heterocycles. The van der Waals surface area contributed by atoms with Gasteiger partial charge in [-0.2, -0.15) is 18.3 Å². The molecular weight excluding hydrogens is 385 g/mol. The predicted octanol–water partition coefficient (Wildman–Crippen LogP) is 4.14. The van der Waals surface area contributed by atoms with Crippen molar-refractivity contribution in [2.24, 2.45) is 0 Å². The van der Waals surface area contributed by atoms with Crippen LogP contribution in [0.1, 0.15) is 17.3 Å². The summed E-state index contributed by atoms with van der Waals surface area (Å²) in [5.74, 6) is -3.15. The molecule has 0 spiro atoms. The van der Waals surface area contributed by atoms with E-state index in [4.69, 9.17) is 0 Å². The van der Waals surface area contributed by atoms with Crippen LogP contribution in [-0.4, -0.2) is 25.0 Å². The molecule has 0 aliphatic rings. The average Bonchev–Trinajstić information content (AvgIpc) is 3.27. The topological polar surface area (TPSA) is 69.6 Å². The van der Waals surface area contributed by atoms with E-state index in [9.17, 15) is 22.0 Å². The van der Waals surface area contributed by atoms with Crippen molar-refractivity contribution in [2.75, 3.05) is 0 Å². The maximum absolute atomic E-state index is 14.4. The maximum atomic E-state index is 14.4. The maximum Gasteiger partial charge on any atom is 0.470 e.